The number of rotatable bonds is 5. The number of ether oxygens (including phenoxy) is 1. The molecule has 2 rings (SSSR count). The molecule has 2 unspecified atom stereocenters. The standard InChI is InChI=1S/C14H20N2OS/c1-3-12(9-17-2)15-14-16-13(10-18-14)11-7-5-4-6-8-11/h4-8,12-13H,3,9-10H2,1-2H3,(H,15,16). The van der Waals surface area contributed by atoms with Gasteiger partial charge in [0, 0.05) is 12.9 Å². The van der Waals surface area contributed by atoms with Crippen LogP contribution in [0.25, 0.3) is 0 Å². The molecule has 1 N–H and O–H groups in total. The van der Waals surface area contributed by atoms with E-state index in [2.05, 4.69) is 36.5 Å². The van der Waals surface area contributed by atoms with Crippen LogP contribution in [0.15, 0.2) is 35.3 Å². The van der Waals surface area contributed by atoms with E-state index in [1.165, 1.54) is 5.56 Å². The van der Waals surface area contributed by atoms with Gasteiger partial charge in [-0.3, -0.25) is 4.99 Å². The molecule has 0 saturated heterocycles. The van der Waals surface area contributed by atoms with Crippen molar-refractivity contribution in [1.82, 2.24) is 5.32 Å². The first kappa shape index (κ1) is 13.4. The first-order chi connectivity index (χ1) is 8.83. The molecule has 0 spiro atoms. The number of benzene rings is 1. The average Bonchev–Trinajstić information content (AvgIpc) is 2.88. The molecule has 0 saturated carbocycles. The Labute approximate surface area is 113 Å². The number of hydrogen-bond donors (Lipinski definition) is 1. The largest absolute Gasteiger partial charge is 0.383 e. The highest BCUT2D eigenvalue weighted by molar-refractivity contribution is 8.14. The van der Waals surface area contributed by atoms with Crippen molar-refractivity contribution in [1.29, 1.82) is 0 Å². The molecule has 1 heterocycles. The molecular formula is C14H20N2OS. The smallest absolute Gasteiger partial charge is 0.157 e. The second kappa shape index (κ2) is 6.81. The Morgan fingerprint density at radius 3 is 2.89 bits per heavy atom. The van der Waals surface area contributed by atoms with Crippen LogP contribution in [0.3, 0.4) is 0 Å². The molecule has 1 aliphatic heterocycles. The second-order valence-corrected chi connectivity index (χ2v) is 5.39. The zero-order valence-corrected chi connectivity index (χ0v) is 11.7. The van der Waals surface area contributed by atoms with Gasteiger partial charge in [-0.2, -0.15) is 0 Å². The summed E-state index contributed by atoms with van der Waals surface area (Å²) in [5, 5.41) is 4.50. The highest BCUT2D eigenvalue weighted by Crippen LogP contribution is 2.29. The Kier molecular flexibility index (Phi) is 5.08. The van der Waals surface area contributed by atoms with E-state index >= 15 is 0 Å². The lowest BCUT2D eigenvalue weighted by Gasteiger charge is -2.16. The Hall–Kier alpha value is -1.00. The Morgan fingerprint density at radius 1 is 1.44 bits per heavy atom. The third-order valence-electron chi connectivity index (χ3n) is 3.02. The van der Waals surface area contributed by atoms with Gasteiger partial charge in [0.15, 0.2) is 5.17 Å². The molecule has 1 aromatic rings. The molecule has 98 valence electrons. The number of nitrogens with one attached hydrogen (secondary N) is 1. The van der Waals surface area contributed by atoms with Gasteiger partial charge >= 0.3 is 0 Å². The summed E-state index contributed by atoms with van der Waals surface area (Å²) in [5.41, 5.74) is 1.29. The van der Waals surface area contributed by atoms with E-state index in [9.17, 15) is 0 Å². The topological polar surface area (TPSA) is 33.6 Å². The molecule has 0 aliphatic carbocycles. The Morgan fingerprint density at radius 2 is 2.22 bits per heavy atom. The number of methoxy groups -OCH3 is 1. The van der Waals surface area contributed by atoms with E-state index in [1.54, 1.807) is 18.9 Å². The molecule has 2 atom stereocenters. The van der Waals surface area contributed by atoms with E-state index in [0.717, 1.165) is 23.9 Å². The van der Waals surface area contributed by atoms with Crippen molar-refractivity contribution in [2.24, 2.45) is 4.99 Å². The van der Waals surface area contributed by atoms with Crippen molar-refractivity contribution in [3.8, 4) is 0 Å². The summed E-state index contributed by atoms with van der Waals surface area (Å²) in [7, 11) is 1.74. The normalized spacial score (nSPS) is 20.6. The number of hydrogen-bond acceptors (Lipinski definition) is 4. The molecule has 0 bridgehead atoms. The number of amidine groups is 1. The molecule has 18 heavy (non-hydrogen) atoms. The highest BCUT2D eigenvalue weighted by Gasteiger charge is 2.21. The van der Waals surface area contributed by atoms with Crippen LogP contribution in [-0.4, -0.2) is 30.7 Å². The van der Waals surface area contributed by atoms with Crippen LogP contribution in [0.1, 0.15) is 24.9 Å². The minimum atomic E-state index is 0.291. The van der Waals surface area contributed by atoms with Crippen LogP contribution in [0.5, 0.6) is 0 Å². The minimum Gasteiger partial charge on any atom is -0.383 e. The van der Waals surface area contributed by atoms with E-state index in [-0.39, 0.29) is 0 Å². The Bertz CT molecular complexity index is 394. The van der Waals surface area contributed by atoms with Gasteiger partial charge in [-0.05, 0) is 12.0 Å². The van der Waals surface area contributed by atoms with Gasteiger partial charge in [0.25, 0.3) is 0 Å². The van der Waals surface area contributed by atoms with Gasteiger partial charge in [0.1, 0.15) is 0 Å². The fraction of sp³-hybridized carbons (Fsp3) is 0.500. The number of thioether (sulfide) groups is 1. The van der Waals surface area contributed by atoms with Crippen LogP contribution in [0, 0.1) is 0 Å². The van der Waals surface area contributed by atoms with Gasteiger partial charge in [-0.25, -0.2) is 0 Å². The van der Waals surface area contributed by atoms with Gasteiger partial charge < -0.3 is 10.1 Å². The molecule has 1 aromatic carbocycles. The third-order valence-corrected chi connectivity index (χ3v) is 4.00. The molecule has 0 radical (unpaired) electrons. The maximum absolute atomic E-state index is 5.19. The van der Waals surface area contributed by atoms with E-state index in [0.29, 0.717) is 12.1 Å². The van der Waals surface area contributed by atoms with Crippen molar-refractivity contribution in [3.63, 3.8) is 0 Å². The summed E-state index contributed by atoms with van der Waals surface area (Å²) in [6.07, 6.45) is 1.05. The lowest BCUT2D eigenvalue weighted by Crippen LogP contribution is -2.35. The predicted molar refractivity (Wildman–Crippen MR) is 78.2 cm³/mol. The summed E-state index contributed by atoms with van der Waals surface area (Å²) in [4.78, 5) is 4.74. The maximum Gasteiger partial charge on any atom is 0.157 e. The summed E-state index contributed by atoms with van der Waals surface area (Å²) in [5.74, 6) is 1.02. The summed E-state index contributed by atoms with van der Waals surface area (Å²) in [6.45, 7) is 2.89. The second-order valence-electron chi connectivity index (χ2n) is 4.38. The lowest BCUT2D eigenvalue weighted by molar-refractivity contribution is 0.172. The van der Waals surface area contributed by atoms with Gasteiger partial charge in [0.05, 0.1) is 18.7 Å². The predicted octanol–water partition coefficient (Wildman–Crippen LogP) is 2.85. The third kappa shape index (κ3) is 3.50. The molecule has 0 aromatic heterocycles. The van der Waals surface area contributed by atoms with Crippen molar-refractivity contribution in [3.05, 3.63) is 35.9 Å². The van der Waals surface area contributed by atoms with Crippen LogP contribution in [-0.2, 0) is 4.74 Å². The first-order valence-electron chi connectivity index (χ1n) is 6.34. The van der Waals surface area contributed by atoms with E-state index < -0.39 is 0 Å². The van der Waals surface area contributed by atoms with Crippen molar-refractivity contribution < 1.29 is 4.74 Å². The molecular weight excluding hydrogens is 244 g/mol. The van der Waals surface area contributed by atoms with Crippen molar-refractivity contribution in [2.75, 3.05) is 19.5 Å². The molecule has 0 fully saturated rings. The maximum atomic E-state index is 5.19. The zero-order chi connectivity index (χ0) is 12.8. The van der Waals surface area contributed by atoms with Crippen molar-refractivity contribution >= 4 is 16.9 Å². The minimum absolute atomic E-state index is 0.291. The molecule has 3 nitrogen and oxygen atoms in total. The van der Waals surface area contributed by atoms with Gasteiger partial charge in [-0.15, -0.1) is 0 Å². The first-order valence-corrected chi connectivity index (χ1v) is 7.33. The monoisotopic (exact) mass is 264 g/mol. The van der Waals surface area contributed by atoms with Crippen LogP contribution in [0.2, 0.25) is 0 Å². The number of nitrogens with zero attached hydrogens (tertiary/aromatic N) is 1. The SMILES string of the molecule is CCC(COC)NC1=NC(c2ccccc2)CS1. The van der Waals surface area contributed by atoms with Crippen LogP contribution < -0.4 is 5.32 Å². The zero-order valence-electron chi connectivity index (χ0n) is 10.9. The number of aliphatic imine (C=N–C) groups is 1. The van der Waals surface area contributed by atoms with Crippen molar-refractivity contribution in [2.45, 2.75) is 25.4 Å². The summed E-state index contributed by atoms with van der Waals surface area (Å²) >= 11 is 1.80. The quantitative estimate of drug-likeness (QED) is 0.888. The molecule has 1 aliphatic rings. The summed E-state index contributed by atoms with van der Waals surface area (Å²) in [6, 6.07) is 11.1. The highest BCUT2D eigenvalue weighted by atomic mass is 32.2. The molecule has 0 amide bonds. The average molecular weight is 264 g/mol. The van der Waals surface area contributed by atoms with Gasteiger partial charge in [-0.1, -0.05) is 49.0 Å². The van der Waals surface area contributed by atoms with E-state index in [1.807, 2.05) is 6.07 Å². The fourth-order valence-corrected chi connectivity index (χ4v) is 2.97. The van der Waals surface area contributed by atoms with Crippen LogP contribution in [0.4, 0.5) is 0 Å². The fourth-order valence-electron chi connectivity index (χ4n) is 1.94. The molecule has 4 heteroatoms. The van der Waals surface area contributed by atoms with Crippen LogP contribution >= 0.6 is 11.8 Å². The lowest BCUT2D eigenvalue weighted by atomic mass is 10.1. The van der Waals surface area contributed by atoms with Gasteiger partial charge in [0.2, 0.25) is 0 Å². The Balaban J connectivity index is 1.96. The van der Waals surface area contributed by atoms with E-state index in [4.69, 9.17) is 9.73 Å². The summed E-state index contributed by atoms with van der Waals surface area (Å²) < 4.78 is 5.19.